The number of fused-ring (bicyclic) bond motifs is 1. The van der Waals surface area contributed by atoms with Crippen LogP contribution in [0.4, 0.5) is 5.69 Å². The van der Waals surface area contributed by atoms with Crippen LogP contribution < -0.4 is 19.7 Å². The molecule has 1 N–H and O–H groups in total. The van der Waals surface area contributed by atoms with Crippen LogP contribution in [0.1, 0.15) is 19.8 Å². The van der Waals surface area contributed by atoms with Gasteiger partial charge in [-0.1, -0.05) is 6.92 Å². The molecule has 1 aromatic carbocycles. The predicted molar refractivity (Wildman–Crippen MR) is 83.6 cm³/mol. The third kappa shape index (κ3) is 2.73. The van der Waals surface area contributed by atoms with Crippen LogP contribution in [0.5, 0.6) is 11.5 Å². The second kappa shape index (κ2) is 5.44. The SMILES string of the molecule is CC1CC1NC(=O)C1CC(=O)N(c2ccc3c(c2)OCCO3)C1. The molecule has 0 aromatic heterocycles. The first-order chi connectivity index (χ1) is 11.1. The van der Waals surface area contributed by atoms with E-state index < -0.39 is 0 Å². The van der Waals surface area contributed by atoms with Crippen molar-refractivity contribution in [2.75, 3.05) is 24.7 Å². The number of ether oxygens (including phenoxy) is 2. The fourth-order valence-electron chi connectivity index (χ4n) is 3.16. The van der Waals surface area contributed by atoms with Crippen molar-refractivity contribution in [2.24, 2.45) is 11.8 Å². The summed E-state index contributed by atoms with van der Waals surface area (Å²) in [7, 11) is 0. The number of nitrogens with zero attached hydrogens (tertiary/aromatic N) is 1. The molecular formula is C17H20N2O4. The summed E-state index contributed by atoms with van der Waals surface area (Å²) < 4.78 is 11.1. The lowest BCUT2D eigenvalue weighted by molar-refractivity contribution is -0.126. The number of rotatable bonds is 3. The van der Waals surface area contributed by atoms with E-state index in [2.05, 4.69) is 12.2 Å². The van der Waals surface area contributed by atoms with E-state index in [1.54, 1.807) is 4.90 Å². The minimum absolute atomic E-state index is 0.00672. The van der Waals surface area contributed by atoms with E-state index in [1.165, 1.54) is 0 Å². The van der Waals surface area contributed by atoms with Gasteiger partial charge in [0.25, 0.3) is 0 Å². The molecule has 1 aromatic rings. The van der Waals surface area contributed by atoms with E-state index in [9.17, 15) is 9.59 Å². The van der Waals surface area contributed by atoms with Crippen LogP contribution in [0.2, 0.25) is 0 Å². The maximum atomic E-state index is 12.3. The van der Waals surface area contributed by atoms with E-state index in [-0.39, 0.29) is 24.2 Å². The van der Waals surface area contributed by atoms with Gasteiger partial charge in [-0.05, 0) is 24.5 Å². The van der Waals surface area contributed by atoms with Gasteiger partial charge in [-0.15, -0.1) is 0 Å². The smallest absolute Gasteiger partial charge is 0.227 e. The Balaban J connectivity index is 1.47. The van der Waals surface area contributed by atoms with Crippen LogP contribution in [-0.4, -0.2) is 37.6 Å². The van der Waals surface area contributed by atoms with Crippen LogP contribution in [0.3, 0.4) is 0 Å². The molecule has 23 heavy (non-hydrogen) atoms. The topological polar surface area (TPSA) is 67.9 Å². The fraction of sp³-hybridized carbons (Fsp3) is 0.529. The zero-order chi connectivity index (χ0) is 16.0. The zero-order valence-corrected chi connectivity index (χ0v) is 13.1. The number of hydrogen-bond acceptors (Lipinski definition) is 4. The van der Waals surface area contributed by atoms with E-state index in [0.717, 1.165) is 12.1 Å². The largest absolute Gasteiger partial charge is 0.486 e. The lowest BCUT2D eigenvalue weighted by Gasteiger charge is -2.22. The van der Waals surface area contributed by atoms with Gasteiger partial charge in [-0.2, -0.15) is 0 Å². The third-order valence-electron chi connectivity index (χ3n) is 4.77. The summed E-state index contributed by atoms with van der Waals surface area (Å²) in [4.78, 5) is 26.2. The Labute approximate surface area is 134 Å². The van der Waals surface area contributed by atoms with Gasteiger partial charge in [-0.25, -0.2) is 0 Å². The van der Waals surface area contributed by atoms with Crippen molar-refractivity contribution in [3.63, 3.8) is 0 Å². The second-order valence-electron chi connectivity index (χ2n) is 6.56. The highest BCUT2D eigenvalue weighted by molar-refractivity contribution is 6.00. The summed E-state index contributed by atoms with van der Waals surface area (Å²) in [5, 5.41) is 3.03. The number of nitrogens with one attached hydrogen (secondary N) is 1. The Morgan fingerprint density at radius 2 is 2.00 bits per heavy atom. The minimum Gasteiger partial charge on any atom is -0.486 e. The number of carbonyl (C=O) groups is 2. The highest BCUT2D eigenvalue weighted by Gasteiger charge is 2.40. The molecule has 1 saturated heterocycles. The molecule has 3 aliphatic rings. The molecule has 3 unspecified atom stereocenters. The van der Waals surface area contributed by atoms with Gasteiger partial charge in [0.2, 0.25) is 11.8 Å². The van der Waals surface area contributed by atoms with Crippen molar-refractivity contribution < 1.29 is 19.1 Å². The van der Waals surface area contributed by atoms with Gasteiger partial charge in [0.05, 0.1) is 5.92 Å². The lowest BCUT2D eigenvalue weighted by Crippen LogP contribution is -2.34. The zero-order valence-electron chi connectivity index (χ0n) is 13.1. The number of hydrogen-bond donors (Lipinski definition) is 1. The molecule has 6 nitrogen and oxygen atoms in total. The highest BCUT2D eigenvalue weighted by Crippen LogP contribution is 2.36. The monoisotopic (exact) mass is 316 g/mol. The van der Waals surface area contributed by atoms with E-state index in [4.69, 9.17) is 9.47 Å². The molecule has 2 heterocycles. The molecule has 6 heteroatoms. The third-order valence-corrected chi connectivity index (χ3v) is 4.77. The molecule has 3 atom stereocenters. The summed E-state index contributed by atoms with van der Waals surface area (Å²) in [5.74, 6) is 1.61. The molecule has 0 bridgehead atoms. The standard InChI is InChI=1S/C17H20N2O4/c1-10-6-13(10)18-17(21)11-7-16(20)19(9-11)12-2-3-14-15(8-12)23-5-4-22-14/h2-3,8,10-11,13H,4-7,9H2,1H3,(H,18,21). The normalized spacial score (nSPS) is 28.7. The fourth-order valence-corrected chi connectivity index (χ4v) is 3.16. The van der Waals surface area contributed by atoms with Gasteiger partial charge in [0.1, 0.15) is 13.2 Å². The maximum absolute atomic E-state index is 12.3. The summed E-state index contributed by atoms with van der Waals surface area (Å²) >= 11 is 0. The van der Waals surface area contributed by atoms with Crippen LogP contribution >= 0.6 is 0 Å². The molecule has 2 amide bonds. The van der Waals surface area contributed by atoms with Gasteiger partial charge in [-0.3, -0.25) is 9.59 Å². The van der Waals surface area contributed by atoms with Crippen molar-refractivity contribution in [1.82, 2.24) is 5.32 Å². The molecule has 4 rings (SSSR count). The molecular weight excluding hydrogens is 296 g/mol. The van der Waals surface area contributed by atoms with Gasteiger partial charge in [0, 0.05) is 30.8 Å². The first kappa shape index (κ1) is 14.4. The molecule has 1 aliphatic carbocycles. The molecule has 122 valence electrons. The maximum Gasteiger partial charge on any atom is 0.227 e. The van der Waals surface area contributed by atoms with Crippen molar-refractivity contribution in [1.29, 1.82) is 0 Å². The van der Waals surface area contributed by atoms with Crippen molar-refractivity contribution in [2.45, 2.75) is 25.8 Å². The summed E-state index contributed by atoms with van der Waals surface area (Å²) in [6, 6.07) is 5.77. The number of amides is 2. The summed E-state index contributed by atoms with van der Waals surface area (Å²) in [6.45, 7) is 3.59. The van der Waals surface area contributed by atoms with Gasteiger partial charge < -0.3 is 19.7 Å². The minimum atomic E-state index is -0.275. The van der Waals surface area contributed by atoms with Gasteiger partial charge >= 0.3 is 0 Å². The predicted octanol–water partition coefficient (Wildman–Crippen LogP) is 1.34. The summed E-state index contributed by atoms with van der Waals surface area (Å²) in [6.07, 6.45) is 1.31. The van der Waals surface area contributed by atoms with E-state index >= 15 is 0 Å². The van der Waals surface area contributed by atoms with Crippen LogP contribution in [0, 0.1) is 11.8 Å². The average molecular weight is 316 g/mol. The van der Waals surface area contributed by atoms with Crippen molar-refractivity contribution in [3.8, 4) is 11.5 Å². The lowest BCUT2D eigenvalue weighted by atomic mass is 10.1. The Hall–Kier alpha value is -2.24. The first-order valence-corrected chi connectivity index (χ1v) is 8.12. The average Bonchev–Trinajstić information content (AvgIpc) is 3.09. The Kier molecular flexibility index (Phi) is 3.39. The van der Waals surface area contributed by atoms with Gasteiger partial charge in [0.15, 0.2) is 11.5 Å². The second-order valence-corrected chi connectivity index (χ2v) is 6.56. The molecule has 2 fully saturated rings. The molecule has 0 radical (unpaired) electrons. The molecule has 0 spiro atoms. The quantitative estimate of drug-likeness (QED) is 0.913. The van der Waals surface area contributed by atoms with Crippen LogP contribution in [-0.2, 0) is 9.59 Å². The number of anilines is 1. The van der Waals surface area contributed by atoms with E-state index in [1.807, 2.05) is 18.2 Å². The molecule has 1 saturated carbocycles. The number of benzene rings is 1. The Morgan fingerprint density at radius 1 is 1.26 bits per heavy atom. The van der Waals surface area contributed by atoms with Crippen molar-refractivity contribution in [3.05, 3.63) is 18.2 Å². The number of carbonyl (C=O) groups excluding carboxylic acids is 2. The highest BCUT2D eigenvalue weighted by atomic mass is 16.6. The Morgan fingerprint density at radius 3 is 2.74 bits per heavy atom. The van der Waals surface area contributed by atoms with Crippen LogP contribution in [0.25, 0.3) is 0 Å². The molecule has 2 aliphatic heterocycles. The summed E-state index contributed by atoms with van der Waals surface area (Å²) in [5.41, 5.74) is 0.759. The van der Waals surface area contributed by atoms with Crippen LogP contribution in [0.15, 0.2) is 18.2 Å². The Bertz CT molecular complexity index is 660. The van der Waals surface area contributed by atoms with E-state index in [0.29, 0.717) is 43.2 Å². The van der Waals surface area contributed by atoms with Crippen molar-refractivity contribution >= 4 is 17.5 Å². The first-order valence-electron chi connectivity index (χ1n) is 8.12.